The molecular formula is C12H25NO3. The van der Waals surface area contributed by atoms with E-state index in [1.54, 1.807) is 0 Å². The quantitative estimate of drug-likeness (QED) is 0.674. The van der Waals surface area contributed by atoms with E-state index in [1.807, 2.05) is 13.8 Å². The second-order valence-corrected chi connectivity index (χ2v) is 4.69. The van der Waals surface area contributed by atoms with Crippen molar-refractivity contribution in [2.75, 3.05) is 26.3 Å². The Kier molecular flexibility index (Phi) is 6.28. The van der Waals surface area contributed by atoms with E-state index in [4.69, 9.17) is 4.74 Å². The molecule has 0 aliphatic carbocycles. The molecule has 2 N–H and O–H groups in total. The first-order valence-electron chi connectivity index (χ1n) is 6.31. The summed E-state index contributed by atoms with van der Waals surface area (Å²) in [5.41, 5.74) is 0. The van der Waals surface area contributed by atoms with Crippen molar-refractivity contribution in [3.8, 4) is 0 Å². The molecule has 0 aromatic carbocycles. The molecule has 1 aliphatic rings. The zero-order valence-electron chi connectivity index (χ0n) is 10.4. The molecule has 3 atom stereocenters. The lowest BCUT2D eigenvalue weighted by atomic mass is 10.1. The molecule has 16 heavy (non-hydrogen) atoms. The first-order chi connectivity index (χ1) is 7.63. The van der Waals surface area contributed by atoms with Crippen LogP contribution in [0, 0.1) is 0 Å². The molecular weight excluding hydrogens is 206 g/mol. The molecule has 1 saturated heterocycles. The number of hydrogen-bond acceptors (Lipinski definition) is 4. The van der Waals surface area contributed by atoms with Crippen molar-refractivity contribution in [1.29, 1.82) is 0 Å². The second kappa shape index (κ2) is 7.22. The smallest absolute Gasteiger partial charge is 0.0900 e. The van der Waals surface area contributed by atoms with Gasteiger partial charge in [-0.2, -0.15) is 0 Å². The normalized spacial score (nSPS) is 25.9. The van der Waals surface area contributed by atoms with Gasteiger partial charge in [0.25, 0.3) is 0 Å². The Labute approximate surface area is 98.2 Å². The van der Waals surface area contributed by atoms with Crippen molar-refractivity contribution < 1.29 is 14.9 Å². The summed E-state index contributed by atoms with van der Waals surface area (Å²) in [4.78, 5) is 2.27. The van der Waals surface area contributed by atoms with Gasteiger partial charge in [-0.1, -0.05) is 0 Å². The Hall–Kier alpha value is -0.160. The van der Waals surface area contributed by atoms with Crippen LogP contribution in [-0.4, -0.2) is 59.7 Å². The van der Waals surface area contributed by atoms with E-state index in [0.717, 1.165) is 19.4 Å². The summed E-state index contributed by atoms with van der Waals surface area (Å²) < 4.78 is 5.20. The third-order valence-corrected chi connectivity index (χ3v) is 3.07. The number of aliphatic hydroxyl groups is 2. The van der Waals surface area contributed by atoms with E-state index in [2.05, 4.69) is 4.90 Å². The molecule has 0 aromatic heterocycles. The average Bonchev–Trinajstić information content (AvgIpc) is 2.62. The molecule has 1 fully saturated rings. The molecule has 0 saturated carbocycles. The summed E-state index contributed by atoms with van der Waals surface area (Å²) in [6.45, 7) is 6.51. The summed E-state index contributed by atoms with van der Waals surface area (Å²) >= 11 is 0. The minimum Gasteiger partial charge on any atom is -0.393 e. The molecule has 0 radical (unpaired) electrons. The van der Waals surface area contributed by atoms with Crippen LogP contribution in [0.4, 0.5) is 0 Å². The molecule has 1 heterocycles. The van der Waals surface area contributed by atoms with Gasteiger partial charge in [0.1, 0.15) is 0 Å². The monoisotopic (exact) mass is 231 g/mol. The SMILES string of the molecule is CCOCC(O)CN1CCCC1CC(C)O. The first kappa shape index (κ1) is 13.9. The van der Waals surface area contributed by atoms with Crippen LogP contribution in [0.1, 0.15) is 33.1 Å². The fourth-order valence-electron chi connectivity index (χ4n) is 2.37. The van der Waals surface area contributed by atoms with Crippen LogP contribution in [-0.2, 0) is 4.74 Å². The third-order valence-electron chi connectivity index (χ3n) is 3.07. The number of nitrogens with zero attached hydrogens (tertiary/aromatic N) is 1. The van der Waals surface area contributed by atoms with E-state index in [9.17, 15) is 10.2 Å². The van der Waals surface area contributed by atoms with E-state index >= 15 is 0 Å². The molecule has 1 aliphatic heterocycles. The summed E-state index contributed by atoms with van der Waals surface area (Å²) in [7, 11) is 0. The predicted octanol–water partition coefficient (Wildman–Crippen LogP) is 0.619. The van der Waals surface area contributed by atoms with Crippen LogP contribution < -0.4 is 0 Å². The number of hydrogen-bond donors (Lipinski definition) is 2. The highest BCUT2D eigenvalue weighted by atomic mass is 16.5. The van der Waals surface area contributed by atoms with Crippen molar-refractivity contribution in [1.82, 2.24) is 4.90 Å². The van der Waals surface area contributed by atoms with Crippen molar-refractivity contribution in [2.45, 2.75) is 51.4 Å². The Morgan fingerprint density at radius 2 is 2.19 bits per heavy atom. The van der Waals surface area contributed by atoms with E-state index in [1.165, 1.54) is 6.42 Å². The van der Waals surface area contributed by atoms with Crippen molar-refractivity contribution >= 4 is 0 Å². The number of ether oxygens (including phenoxy) is 1. The standard InChI is InChI=1S/C12H25NO3/c1-3-16-9-12(15)8-13-6-4-5-11(13)7-10(2)14/h10-12,14-15H,3-9H2,1-2H3. The van der Waals surface area contributed by atoms with Crippen LogP contribution in [0.5, 0.6) is 0 Å². The molecule has 4 nitrogen and oxygen atoms in total. The largest absolute Gasteiger partial charge is 0.393 e. The maximum Gasteiger partial charge on any atom is 0.0900 e. The summed E-state index contributed by atoms with van der Waals surface area (Å²) in [6, 6.07) is 0.427. The zero-order valence-corrected chi connectivity index (χ0v) is 10.4. The minimum absolute atomic E-state index is 0.255. The van der Waals surface area contributed by atoms with Gasteiger partial charge in [0, 0.05) is 19.2 Å². The van der Waals surface area contributed by atoms with Crippen LogP contribution in [0.2, 0.25) is 0 Å². The van der Waals surface area contributed by atoms with Gasteiger partial charge < -0.3 is 14.9 Å². The van der Waals surface area contributed by atoms with Crippen LogP contribution in [0.3, 0.4) is 0 Å². The second-order valence-electron chi connectivity index (χ2n) is 4.69. The van der Waals surface area contributed by atoms with Gasteiger partial charge in [-0.05, 0) is 39.7 Å². The summed E-state index contributed by atoms with van der Waals surface area (Å²) in [6.07, 6.45) is 2.44. The third kappa shape index (κ3) is 4.78. The minimum atomic E-state index is -0.408. The van der Waals surface area contributed by atoms with E-state index in [-0.39, 0.29) is 6.10 Å². The van der Waals surface area contributed by atoms with Crippen LogP contribution in [0.25, 0.3) is 0 Å². The van der Waals surface area contributed by atoms with Crippen molar-refractivity contribution in [3.05, 3.63) is 0 Å². The van der Waals surface area contributed by atoms with Crippen molar-refractivity contribution in [3.63, 3.8) is 0 Å². The Morgan fingerprint density at radius 1 is 1.44 bits per heavy atom. The molecule has 0 aromatic rings. The lowest BCUT2D eigenvalue weighted by Crippen LogP contribution is -2.39. The predicted molar refractivity (Wildman–Crippen MR) is 63.4 cm³/mol. The maximum absolute atomic E-state index is 9.76. The lowest BCUT2D eigenvalue weighted by Gasteiger charge is -2.27. The molecule has 4 heteroatoms. The zero-order chi connectivity index (χ0) is 12.0. The summed E-state index contributed by atoms with van der Waals surface area (Å²) in [5.74, 6) is 0. The number of β-amino-alcohol motifs (C(OH)–C–C–N with tert-alkyl or cyclic N) is 1. The molecule has 0 amide bonds. The van der Waals surface area contributed by atoms with Crippen LogP contribution >= 0.6 is 0 Å². The Morgan fingerprint density at radius 3 is 2.81 bits per heavy atom. The van der Waals surface area contributed by atoms with Gasteiger partial charge in [-0.25, -0.2) is 0 Å². The van der Waals surface area contributed by atoms with E-state index < -0.39 is 6.10 Å². The first-order valence-corrected chi connectivity index (χ1v) is 6.31. The number of likely N-dealkylation sites (tertiary alicyclic amines) is 1. The molecule has 3 unspecified atom stereocenters. The fraction of sp³-hybridized carbons (Fsp3) is 1.00. The lowest BCUT2D eigenvalue weighted by molar-refractivity contribution is 0.0147. The molecule has 0 bridgehead atoms. The van der Waals surface area contributed by atoms with Gasteiger partial charge in [0.05, 0.1) is 18.8 Å². The topological polar surface area (TPSA) is 52.9 Å². The Bertz CT molecular complexity index is 187. The van der Waals surface area contributed by atoms with E-state index in [0.29, 0.717) is 25.8 Å². The van der Waals surface area contributed by atoms with Crippen molar-refractivity contribution in [2.24, 2.45) is 0 Å². The maximum atomic E-state index is 9.76. The summed E-state index contributed by atoms with van der Waals surface area (Å²) in [5, 5.41) is 19.2. The average molecular weight is 231 g/mol. The Balaban J connectivity index is 2.28. The van der Waals surface area contributed by atoms with Gasteiger partial charge in [-0.3, -0.25) is 4.90 Å². The van der Waals surface area contributed by atoms with Gasteiger partial charge in [-0.15, -0.1) is 0 Å². The highest BCUT2D eigenvalue weighted by Gasteiger charge is 2.26. The highest BCUT2D eigenvalue weighted by Crippen LogP contribution is 2.21. The number of rotatable bonds is 7. The van der Waals surface area contributed by atoms with Gasteiger partial charge >= 0.3 is 0 Å². The van der Waals surface area contributed by atoms with Crippen LogP contribution in [0.15, 0.2) is 0 Å². The molecule has 1 rings (SSSR count). The molecule has 0 spiro atoms. The van der Waals surface area contributed by atoms with Gasteiger partial charge in [0.15, 0.2) is 0 Å². The highest BCUT2D eigenvalue weighted by molar-refractivity contribution is 4.82. The molecule has 96 valence electrons. The number of aliphatic hydroxyl groups excluding tert-OH is 2. The van der Waals surface area contributed by atoms with Gasteiger partial charge in [0.2, 0.25) is 0 Å². The fourth-order valence-corrected chi connectivity index (χ4v) is 2.37.